The van der Waals surface area contributed by atoms with E-state index in [0.29, 0.717) is 23.5 Å². The first kappa shape index (κ1) is 16.6. The van der Waals surface area contributed by atoms with Crippen LogP contribution in [0.1, 0.15) is 21.8 Å². The first-order chi connectivity index (χ1) is 10.7. The predicted molar refractivity (Wildman–Crippen MR) is 87.0 cm³/mol. The third-order valence-electron chi connectivity index (χ3n) is 3.25. The van der Waals surface area contributed by atoms with Crippen molar-refractivity contribution in [2.75, 3.05) is 26.3 Å². The second kappa shape index (κ2) is 8.03. The highest BCUT2D eigenvalue weighted by Crippen LogP contribution is 2.28. The normalized spacial score (nSPS) is 10.7. The summed E-state index contributed by atoms with van der Waals surface area (Å²) in [6.07, 6.45) is 0.495. The number of nitrogens with zero attached hydrogens (tertiary/aromatic N) is 2. The van der Waals surface area contributed by atoms with E-state index in [0.717, 1.165) is 10.6 Å². The zero-order valence-corrected chi connectivity index (χ0v) is 13.3. The molecule has 0 atom stereocenters. The minimum atomic E-state index is -0.139. The van der Waals surface area contributed by atoms with Crippen molar-refractivity contribution in [1.82, 2.24) is 9.88 Å². The highest BCUT2D eigenvalue weighted by atomic mass is 32.1. The summed E-state index contributed by atoms with van der Waals surface area (Å²) < 4.78 is 0. The van der Waals surface area contributed by atoms with Crippen molar-refractivity contribution in [2.24, 2.45) is 0 Å². The van der Waals surface area contributed by atoms with Crippen molar-refractivity contribution in [1.29, 1.82) is 0 Å². The number of hydrogen-bond acceptors (Lipinski definition) is 5. The highest BCUT2D eigenvalue weighted by Gasteiger charge is 2.21. The lowest BCUT2D eigenvalue weighted by molar-refractivity contribution is 0.0714. The van der Waals surface area contributed by atoms with Crippen LogP contribution >= 0.6 is 11.3 Å². The molecule has 118 valence electrons. The van der Waals surface area contributed by atoms with Gasteiger partial charge in [-0.1, -0.05) is 30.3 Å². The van der Waals surface area contributed by atoms with Gasteiger partial charge in [0.05, 0.1) is 12.3 Å². The number of thiazole rings is 1. The average molecular weight is 320 g/mol. The molecule has 5 nitrogen and oxygen atoms in total. The van der Waals surface area contributed by atoms with Gasteiger partial charge in [0, 0.05) is 25.3 Å². The summed E-state index contributed by atoms with van der Waals surface area (Å²) in [5.74, 6) is -0.139. The van der Waals surface area contributed by atoms with Gasteiger partial charge < -0.3 is 15.1 Å². The Bertz CT molecular complexity index is 613. The first-order valence-corrected chi connectivity index (χ1v) is 8.03. The molecule has 22 heavy (non-hydrogen) atoms. The first-order valence-electron chi connectivity index (χ1n) is 7.21. The number of carbonyl (C=O) groups excluding carboxylic acids is 1. The van der Waals surface area contributed by atoms with Crippen LogP contribution in [0.3, 0.4) is 0 Å². The zero-order valence-electron chi connectivity index (χ0n) is 12.5. The lowest BCUT2D eigenvalue weighted by Crippen LogP contribution is -2.34. The van der Waals surface area contributed by atoms with E-state index in [1.54, 1.807) is 4.90 Å². The van der Waals surface area contributed by atoms with Gasteiger partial charge in [0.1, 0.15) is 9.88 Å². The predicted octanol–water partition coefficient (Wildman–Crippen LogP) is 1.94. The van der Waals surface area contributed by atoms with Gasteiger partial charge in [-0.3, -0.25) is 4.79 Å². The summed E-state index contributed by atoms with van der Waals surface area (Å²) in [5, 5.41) is 18.9. The molecule has 1 amide bonds. The number of aliphatic hydroxyl groups excluding tert-OH is 2. The van der Waals surface area contributed by atoms with Gasteiger partial charge >= 0.3 is 0 Å². The minimum absolute atomic E-state index is 0.0200. The Hall–Kier alpha value is -1.76. The Balaban J connectivity index is 2.23. The number of rotatable bonds is 7. The van der Waals surface area contributed by atoms with Crippen LogP contribution in [0.4, 0.5) is 0 Å². The molecule has 6 heteroatoms. The smallest absolute Gasteiger partial charge is 0.265 e. The van der Waals surface area contributed by atoms with E-state index in [9.17, 15) is 4.79 Å². The van der Waals surface area contributed by atoms with Crippen LogP contribution in [0.15, 0.2) is 30.3 Å². The molecule has 0 aliphatic carbocycles. The van der Waals surface area contributed by atoms with E-state index in [1.807, 2.05) is 37.3 Å². The number of carbonyl (C=O) groups is 1. The molecular formula is C16H20N2O3S. The van der Waals surface area contributed by atoms with Gasteiger partial charge in [-0.05, 0) is 13.3 Å². The van der Waals surface area contributed by atoms with E-state index in [-0.39, 0.29) is 25.7 Å². The molecule has 2 aromatic rings. The van der Waals surface area contributed by atoms with Crippen molar-refractivity contribution in [2.45, 2.75) is 13.3 Å². The molecule has 1 aromatic heterocycles. The lowest BCUT2D eigenvalue weighted by Gasteiger charge is -2.20. The summed E-state index contributed by atoms with van der Waals surface area (Å²) in [7, 11) is 0. The fraction of sp³-hybridized carbons (Fsp3) is 0.375. The second-order valence-electron chi connectivity index (χ2n) is 4.89. The maximum Gasteiger partial charge on any atom is 0.265 e. The average Bonchev–Trinajstić information content (AvgIpc) is 2.93. The molecule has 0 saturated carbocycles. The second-order valence-corrected chi connectivity index (χ2v) is 5.89. The molecule has 0 fully saturated rings. The van der Waals surface area contributed by atoms with Crippen molar-refractivity contribution in [3.05, 3.63) is 40.9 Å². The standard InChI is InChI=1S/C16H20N2O3S/c1-12-14(16(21)18(9-11-20)8-5-10-19)22-15(17-12)13-6-3-2-4-7-13/h2-4,6-7,19-20H,5,8-11H2,1H3. The molecule has 2 N–H and O–H groups in total. The van der Waals surface area contributed by atoms with Gasteiger partial charge in [-0.15, -0.1) is 11.3 Å². The van der Waals surface area contributed by atoms with E-state index < -0.39 is 0 Å². The molecule has 0 aliphatic rings. The van der Waals surface area contributed by atoms with Crippen LogP contribution in [-0.2, 0) is 0 Å². The molecular weight excluding hydrogens is 300 g/mol. The van der Waals surface area contributed by atoms with Crippen molar-refractivity contribution < 1.29 is 15.0 Å². The van der Waals surface area contributed by atoms with Crippen molar-refractivity contribution in [3.8, 4) is 10.6 Å². The van der Waals surface area contributed by atoms with Gasteiger partial charge in [0.15, 0.2) is 0 Å². The molecule has 0 bridgehead atoms. The van der Waals surface area contributed by atoms with Gasteiger partial charge in [0.2, 0.25) is 0 Å². The Morgan fingerprint density at radius 3 is 2.55 bits per heavy atom. The molecule has 0 unspecified atom stereocenters. The summed E-state index contributed by atoms with van der Waals surface area (Å²) in [4.78, 5) is 19.2. The number of aryl methyl sites for hydroxylation is 1. The van der Waals surface area contributed by atoms with Crippen LogP contribution < -0.4 is 0 Å². The summed E-state index contributed by atoms with van der Waals surface area (Å²) in [5.41, 5.74) is 1.68. The molecule has 0 saturated heterocycles. The van der Waals surface area contributed by atoms with Crippen LogP contribution in [0.5, 0.6) is 0 Å². The maximum absolute atomic E-state index is 12.6. The van der Waals surface area contributed by atoms with Crippen LogP contribution in [0, 0.1) is 6.92 Å². The highest BCUT2D eigenvalue weighted by molar-refractivity contribution is 7.17. The quantitative estimate of drug-likeness (QED) is 0.817. The van der Waals surface area contributed by atoms with Crippen LogP contribution in [0.2, 0.25) is 0 Å². The molecule has 1 aromatic carbocycles. The maximum atomic E-state index is 12.6. The largest absolute Gasteiger partial charge is 0.396 e. The van der Waals surface area contributed by atoms with E-state index in [4.69, 9.17) is 10.2 Å². The Kier molecular flexibility index (Phi) is 6.06. The number of aromatic nitrogens is 1. The fourth-order valence-electron chi connectivity index (χ4n) is 2.14. The van der Waals surface area contributed by atoms with E-state index in [1.165, 1.54) is 11.3 Å². The fourth-order valence-corrected chi connectivity index (χ4v) is 3.18. The Labute approximate surface area is 133 Å². The zero-order chi connectivity index (χ0) is 15.9. The number of benzene rings is 1. The molecule has 0 aliphatic heterocycles. The van der Waals surface area contributed by atoms with E-state index in [2.05, 4.69) is 4.98 Å². The number of amides is 1. The van der Waals surface area contributed by atoms with Crippen LogP contribution in [0.25, 0.3) is 10.6 Å². The SMILES string of the molecule is Cc1nc(-c2ccccc2)sc1C(=O)N(CCO)CCCO. The molecule has 0 spiro atoms. The topological polar surface area (TPSA) is 73.7 Å². The molecule has 2 rings (SSSR count). The Morgan fingerprint density at radius 2 is 1.91 bits per heavy atom. The summed E-state index contributed by atoms with van der Waals surface area (Å²) in [6, 6.07) is 9.74. The third kappa shape index (κ3) is 3.91. The molecule has 0 radical (unpaired) electrons. The van der Waals surface area contributed by atoms with Crippen molar-refractivity contribution >= 4 is 17.2 Å². The lowest BCUT2D eigenvalue weighted by atomic mass is 10.2. The van der Waals surface area contributed by atoms with Gasteiger partial charge in [-0.2, -0.15) is 0 Å². The number of aliphatic hydroxyl groups is 2. The van der Waals surface area contributed by atoms with Gasteiger partial charge in [-0.25, -0.2) is 4.98 Å². The Morgan fingerprint density at radius 1 is 1.18 bits per heavy atom. The number of hydrogen-bond donors (Lipinski definition) is 2. The summed E-state index contributed by atoms with van der Waals surface area (Å²) >= 11 is 1.36. The molecule has 1 heterocycles. The minimum Gasteiger partial charge on any atom is -0.396 e. The van der Waals surface area contributed by atoms with Crippen molar-refractivity contribution in [3.63, 3.8) is 0 Å². The summed E-state index contributed by atoms with van der Waals surface area (Å²) in [6.45, 7) is 2.43. The monoisotopic (exact) mass is 320 g/mol. The van der Waals surface area contributed by atoms with E-state index >= 15 is 0 Å². The van der Waals surface area contributed by atoms with Gasteiger partial charge in [0.25, 0.3) is 5.91 Å². The third-order valence-corrected chi connectivity index (χ3v) is 4.45. The van der Waals surface area contributed by atoms with Crippen LogP contribution in [-0.4, -0.2) is 52.3 Å².